The highest BCUT2D eigenvalue weighted by molar-refractivity contribution is 6.22. The molecule has 0 bridgehead atoms. The van der Waals surface area contributed by atoms with E-state index in [9.17, 15) is 19.2 Å². The average Bonchev–Trinajstić information content (AvgIpc) is 3.49. The first-order valence-electron chi connectivity index (χ1n) is 13.9. The highest BCUT2D eigenvalue weighted by Crippen LogP contribution is 2.43. The van der Waals surface area contributed by atoms with Crippen LogP contribution in [0.4, 0.5) is 0 Å². The van der Waals surface area contributed by atoms with Crippen LogP contribution in [-0.4, -0.2) is 64.5 Å². The van der Waals surface area contributed by atoms with Gasteiger partial charge < -0.3 is 33.2 Å². The van der Waals surface area contributed by atoms with Gasteiger partial charge >= 0.3 is 23.9 Å². The fourth-order valence-corrected chi connectivity index (χ4v) is 6.08. The van der Waals surface area contributed by atoms with Gasteiger partial charge in [0.2, 0.25) is 0 Å². The van der Waals surface area contributed by atoms with Crippen molar-refractivity contribution < 1.29 is 42.9 Å². The van der Waals surface area contributed by atoms with Crippen LogP contribution in [0.25, 0.3) is 43.6 Å². The molecule has 0 spiro atoms. The average molecular weight is 587 g/mol. The zero-order valence-electron chi connectivity index (χ0n) is 24.0. The second-order valence-electron chi connectivity index (χ2n) is 10.5. The van der Waals surface area contributed by atoms with Gasteiger partial charge in [0.25, 0.3) is 0 Å². The maximum absolute atomic E-state index is 12.5. The number of ether oxygens (including phenoxy) is 5. The minimum Gasteiger partial charge on any atom is -0.463 e. The molecule has 3 heterocycles. The summed E-state index contributed by atoms with van der Waals surface area (Å²) in [4.78, 5) is 52.5. The molecule has 0 amide bonds. The molecule has 1 aliphatic heterocycles. The van der Waals surface area contributed by atoms with E-state index in [1.165, 1.54) is 27.7 Å². The van der Waals surface area contributed by atoms with Crippen LogP contribution in [-0.2, 0) is 42.9 Å². The third-order valence-corrected chi connectivity index (χ3v) is 7.57. The summed E-state index contributed by atoms with van der Waals surface area (Å²) in [6, 6.07) is 19.7. The van der Waals surface area contributed by atoms with E-state index in [4.69, 9.17) is 23.7 Å². The number of esters is 4. The molecule has 222 valence electrons. The first kappa shape index (κ1) is 28.2. The van der Waals surface area contributed by atoms with Crippen molar-refractivity contribution in [1.29, 1.82) is 0 Å². The lowest BCUT2D eigenvalue weighted by Gasteiger charge is -2.45. The maximum Gasteiger partial charge on any atom is 0.303 e. The molecular formula is C32H30N2O9. The number of para-hydroxylation sites is 2. The highest BCUT2D eigenvalue weighted by Gasteiger charge is 2.53. The Morgan fingerprint density at radius 1 is 0.698 bits per heavy atom. The molecule has 5 atom stereocenters. The van der Waals surface area contributed by atoms with Crippen molar-refractivity contribution in [1.82, 2.24) is 9.55 Å². The van der Waals surface area contributed by atoms with Crippen LogP contribution in [0, 0.1) is 0 Å². The number of fused-ring (bicyclic) bond motifs is 7. The van der Waals surface area contributed by atoms with Gasteiger partial charge in [-0.1, -0.05) is 48.5 Å². The number of aromatic amines is 1. The summed E-state index contributed by atoms with van der Waals surface area (Å²) in [6.07, 6.45) is -5.96. The summed E-state index contributed by atoms with van der Waals surface area (Å²) in [7, 11) is 0. The lowest BCUT2D eigenvalue weighted by atomic mass is 9.96. The predicted molar refractivity (Wildman–Crippen MR) is 156 cm³/mol. The smallest absolute Gasteiger partial charge is 0.303 e. The molecule has 0 radical (unpaired) electrons. The van der Waals surface area contributed by atoms with Crippen molar-refractivity contribution in [2.45, 2.75) is 58.3 Å². The normalized spacial score (nSPS) is 22.1. The Kier molecular flexibility index (Phi) is 7.26. The summed E-state index contributed by atoms with van der Waals surface area (Å²) < 4.78 is 30.9. The predicted octanol–water partition coefficient (Wildman–Crippen LogP) is 4.68. The number of rotatable bonds is 6. The number of benzene rings is 3. The topological polar surface area (TPSA) is 135 Å². The molecule has 1 fully saturated rings. The van der Waals surface area contributed by atoms with E-state index in [2.05, 4.69) is 11.1 Å². The maximum atomic E-state index is 12.5. The first-order chi connectivity index (χ1) is 20.6. The fraction of sp³-hybridized carbons (Fsp3) is 0.312. The Morgan fingerprint density at radius 3 is 2.00 bits per heavy atom. The van der Waals surface area contributed by atoms with Crippen molar-refractivity contribution in [3.63, 3.8) is 0 Å². The van der Waals surface area contributed by atoms with E-state index >= 15 is 0 Å². The van der Waals surface area contributed by atoms with Gasteiger partial charge in [-0.05, 0) is 12.1 Å². The molecule has 6 rings (SSSR count). The van der Waals surface area contributed by atoms with Crippen LogP contribution in [0.3, 0.4) is 0 Å². The van der Waals surface area contributed by atoms with Crippen LogP contribution in [0.1, 0.15) is 33.9 Å². The monoisotopic (exact) mass is 586 g/mol. The number of hydrogen-bond donors (Lipinski definition) is 1. The summed E-state index contributed by atoms with van der Waals surface area (Å²) >= 11 is 0. The molecule has 1 aliphatic rings. The van der Waals surface area contributed by atoms with Crippen LogP contribution in [0.5, 0.6) is 0 Å². The third-order valence-electron chi connectivity index (χ3n) is 7.57. The minimum absolute atomic E-state index is 0.312. The number of hydrogen-bond acceptors (Lipinski definition) is 9. The van der Waals surface area contributed by atoms with Gasteiger partial charge in [-0.3, -0.25) is 19.2 Å². The zero-order valence-corrected chi connectivity index (χ0v) is 24.0. The van der Waals surface area contributed by atoms with Crippen LogP contribution >= 0.6 is 0 Å². The van der Waals surface area contributed by atoms with Crippen molar-refractivity contribution in [2.75, 3.05) is 6.61 Å². The summed E-state index contributed by atoms with van der Waals surface area (Å²) in [6.45, 7) is 4.56. The Labute approximate surface area is 245 Å². The Morgan fingerprint density at radius 2 is 1.30 bits per heavy atom. The summed E-state index contributed by atoms with van der Waals surface area (Å²) in [5.41, 5.74) is 3.27. The van der Waals surface area contributed by atoms with E-state index in [1.807, 2.05) is 59.2 Å². The minimum atomic E-state index is -1.29. The molecule has 11 heteroatoms. The van der Waals surface area contributed by atoms with Gasteiger partial charge in [0, 0.05) is 54.8 Å². The third kappa shape index (κ3) is 5.05. The zero-order chi connectivity index (χ0) is 30.4. The number of nitrogens with one attached hydrogen (secondary N) is 1. The van der Waals surface area contributed by atoms with E-state index in [1.54, 1.807) is 0 Å². The lowest BCUT2D eigenvalue weighted by Crippen LogP contribution is -2.60. The van der Waals surface area contributed by atoms with Gasteiger partial charge in [0.1, 0.15) is 12.7 Å². The number of aromatic nitrogens is 2. The molecule has 1 N–H and O–H groups in total. The van der Waals surface area contributed by atoms with Crippen LogP contribution in [0.2, 0.25) is 0 Å². The number of nitrogens with zero attached hydrogens (tertiary/aromatic N) is 1. The van der Waals surface area contributed by atoms with Crippen LogP contribution < -0.4 is 0 Å². The van der Waals surface area contributed by atoms with Gasteiger partial charge in [-0.2, -0.15) is 0 Å². The van der Waals surface area contributed by atoms with Gasteiger partial charge in [-0.15, -0.1) is 0 Å². The largest absolute Gasteiger partial charge is 0.463 e. The second-order valence-corrected chi connectivity index (χ2v) is 10.5. The molecule has 0 aliphatic carbocycles. The molecular weight excluding hydrogens is 556 g/mol. The highest BCUT2D eigenvalue weighted by atomic mass is 16.7. The molecule has 43 heavy (non-hydrogen) atoms. The van der Waals surface area contributed by atoms with Crippen LogP contribution in [0.15, 0.2) is 60.7 Å². The molecule has 1 saturated heterocycles. The van der Waals surface area contributed by atoms with E-state index in [0.29, 0.717) is 0 Å². The number of carbonyl (C=O) groups excluding carboxylic acids is 4. The fourth-order valence-electron chi connectivity index (χ4n) is 6.08. The Bertz CT molecular complexity index is 1900. The summed E-state index contributed by atoms with van der Waals surface area (Å²) in [5, 5.41) is 3.81. The Hall–Kier alpha value is -4.90. The molecule has 2 aromatic heterocycles. The Balaban J connectivity index is 1.65. The summed E-state index contributed by atoms with van der Waals surface area (Å²) in [5.74, 6) is -2.61. The van der Waals surface area contributed by atoms with Crippen molar-refractivity contribution >= 4 is 67.5 Å². The number of H-pyrrole nitrogens is 1. The molecule has 11 nitrogen and oxygen atoms in total. The molecule has 5 aromatic rings. The van der Waals surface area contributed by atoms with Gasteiger partial charge in [0.15, 0.2) is 24.5 Å². The number of carbonyl (C=O) groups is 4. The molecule has 0 saturated carbocycles. The quantitative estimate of drug-likeness (QED) is 0.222. The van der Waals surface area contributed by atoms with Crippen molar-refractivity contribution in [3.05, 3.63) is 60.7 Å². The van der Waals surface area contributed by atoms with E-state index in [-0.39, 0.29) is 6.61 Å². The van der Waals surface area contributed by atoms with Gasteiger partial charge in [-0.25, -0.2) is 0 Å². The first-order valence-corrected chi connectivity index (χ1v) is 13.9. The second kappa shape index (κ2) is 11.1. The molecule has 0 unspecified atom stereocenters. The lowest BCUT2D eigenvalue weighted by molar-refractivity contribution is -0.267. The van der Waals surface area contributed by atoms with Crippen molar-refractivity contribution in [2.24, 2.45) is 0 Å². The van der Waals surface area contributed by atoms with E-state index < -0.39 is 54.5 Å². The van der Waals surface area contributed by atoms with E-state index in [0.717, 1.165) is 43.6 Å². The van der Waals surface area contributed by atoms with Crippen molar-refractivity contribution in [3.8, 4) is 0 Å². The SMILES string of the molecule is CC(=O)OC[C@H]1O[C@@H](n2c3ccccc3c3ccc4c5ccccc5[nH]c4c32)[C@H](OC(C)=O)[C@@H](OC(C)=O)[C@@H]1OC(C)=O. The van der Waals surface area contributed by atoms with Gasteiger partial charge in [0.05, 0.1) is 16.6 Å². The molecule has 3 aromatic carbocycles. The standard InChI is InChI=1S/C32H30N2O9/c1-16(35)39-15-26-29(40-17(2)36)30(41-18(3)37)31(42-19(4)38)32(43-26)34-25-12-8-6-10-21(25)23-14-13-22-20-9-5-7-11-24(20)33-27(22)28(23)34/h5-14,26,29-33H,15H2,1-4H3/t26-,29-,30+,31-,32-/m1/s1.